The van der Waals surface area contributed by atoms with Crippen molar-refractivity contribution in [2.75, 3.05) is 0 Å². The van der Waals surface area contributed by atoms with Crippen molar-refractivity contribution in [1.29, 1.82) is 0 Å². The van der Waals surface area contributed by atoms with Crippen LogP contribution in [0.25, 0.3) is 11.4 Å². The number of rotatable bonds is 5. The lowest BCUT2D eigenvalue weighted by molar-refractivity contribution is 0.389. The average Bonchev–Trinajstić information content (AvgIpc) is 3.03. The fourth-order valence-corrected chi connectivity index (χ4v) is 3.97. The van der Waals surface area contributed by atoms with E-state index in [9.17, 15) is 8.42 Å². The van der Waals surface area contributed by atoms with Gasteiger partial charge in [0.05, 0.1) is 5.25 Å². The molecule has 5 nitrogen and oxygen atoms in total. The molecule has 1 unspecified atom stereocenters. The molecule has 1 heterocycles. The van der Waals surface area contributed by atoms with Crippen LogP contribution in [0.3, 0.4) is 0 Å². The van der Waals surface area contributed by atoms with Crippen molar-refractivity contribution in [1.82, 2.24) is 10.1 Å². The van der Waals surface area contributed by atoms with Crippen molar-refractivity contribution in [2.45, 2.75) is 17.9 Å². The van der Waals surface area contributed by atoms with Gasteiger partial charge in [0.2, 0.25) is 11.7 Å². The second-order valence-corrected chi connectivity index (χ2v) is 8.62. The highest BCUT2D eigenvalue weighted by atomic mass is 79.9. The van der Waals surface area contributed by atoms with Gasteiger partial charge in [-0.1, -0.05) is 63.6 Å². The first-order valence-corrected chi connectivity index (χ1v) is 9.81. The van der Waals surface area contributed by atoms with Crippen molar-refractivity contribution < 1.29 is 12.9 Å². The molecule has 0 saturated carbocycles. The Bertz CT molecular complexity index is 939. The Labute approximate surface area is 148 Å². The van der Waals surface area contributed by atoms with Crippen LogP contribution in [-0.2, 0) is 15.6 Å². The molecule has 0 bridgehead atoms. The van der Waals surface area contributed by atoms with Gasteiger partial charge in [-0.25, -0.2) is 8.42 Å². The van der Waals surface area contributed by atoms with Crippen LogP contribution in [0.2, 0.25) is 0 Å². The van der Waals surface area contributed by atoms with Crippen molar-refractivity contribution in [3.63, 3.8) is 0 Å². The summed E-state index contributed by atoms with van der Waals surface area (Å²) in [7, 11) is -3.45. The van der Waals surface area contributed by atoms with Crippen LogP contribution in [0.15, 0.2) is 63.6 Å². The Hall–Kier alpha value is -1.99. The van der Waals surface area contributed by atoms with E-state index in [1.807, 2.05) is 42.5 Å². The Morgan fingerprint density at radius 2 is 1.88 bits per heavy atom. The van der Waals surface area contributed by atoms with E-state index >= 15 is 0 Å². The molecule has 7 heteroatoms. The minimum Gasteiger partial charge on any atom is -0.338 e. The first-order valence-electron chi connectivity index (χ1n) is 7.31. The monoisotopic (exact) mass is 406 g/mol. The third kappa shape index (κ3) is 3.73. The topological polar surface area (TPSA) is 73.1 Å². The number of hydrogen-bond donors (Lipinski definition) is 0. The van der Waals surface area contributed by atoms with E-state index in [1.54, 1.807) is 19.1 Å². The van der Waals surface area contributed by atoms with E-state index < -0.39 is 15.1 Å². The second-order valence-electron chi connectivity index (χ2n) is 5.38. The maximum atomic E-state index is 12.6. The van der Waals surface area contributed by atoms with Crippen LogP contribution in [0.4, 0.5) is 0 Å². The highest BCUT2D eigenvalue weighted by Crippen LogP contribution is 2.26. The number of aromatic nitrogens is 2. The molecule has 0 N–H and O–H groups in total. The number of halogens is 1. The molecule has 24 heavy (non-hydrogen) atoms. The zero-order valence-electron chi connectivity index (χ0n) is 12.9. The van der Waals surface area contributed by atoms with E-state index in [4.69, 9.17) is 4.52 Å². The molecular formula is C17H15BrN2O3S. The van der Waals surface area contributed by atoms with E-state index in [0.717, 1.165) is 15.6 Å². The molecule has 124 valence electrons. The molecule has 3 rings (SSSR count). The minimum atomic E-state index is -3.45. The third-order valence-corrected chi connectivity index (χ3v) is 6.18. The van der Waals surface area contributed by atoms with Crippen molar-refractivity contribution in [3.8, 4) is 11.4 Å². The molecule has 0 radical (unpaired) electrons. The number of hydrogen-bond acceptors (Lipinski definition) is 5. The largest absolute Gasteiger partial charge is 0.338 e. The van der Waals surface area contributed by atoms with Crippen molar-refractivity contribution in [3.05, 3.63) is 70.5 Å². The third-order valence-electron chi connectivity index (χ3n) is 3.68. The molecule has 3 aromatic rings. The molecule has 2 aromatic carbocycles. The summed E-state index contributed by atoms with van der Waals surface area (Å²) in [5.41, 5.74) is 1.50. The summed E-state index contributed by atoms with van der Waals surface area (Å²) in [5.74, 6) is 0.172. The van der Waals surface area contributed by atoms with Crippen LogP contribution in [-0.4, -0.2) is 18.6 Å². The van der Waals surface area contributed by atoms with Gasteiger partial charge in [0.1, 0.15) is 5.75 Å². The predicted molar refractivity (Wildman–Crippen MR) is 94.9 cm³/mol. The molecule has 0 aliphatic carbocycles. The molecule has 1 aromatic heterocycles. The average molecular weight is 407 g/mol. The van der Waals surface area contributed by atoms with Gasteiger partial charge in [0.25, 0.3) is 0 Å². The van der Waals surface area contributed by atoms with E-state index in [2.05, 4.69) is 26.1 Å². The molecule has 0 saturated heterocycles. The molecular weight excluding hydrogens is 392 g/mol. The normalized spacial score (nSPS) is 12.9. The SMILES string of the molecule is CC(c1ccccc1)S(=O)(=O)Cc1nc(-c2cccc(Br)c2)no1. The molecule has 0 aliphatic heterocycles. The van der Waals surface area contributed by atoms with Crippen molar-refractivity contribution in [2.24, 2.45) is 0 Å². The summed E-state index contributed by atoms with van der Waals surface area (Å²) in [6.45, 7) is 1.66. The summed E-state index contributed by atoms with van der Waals surface area (Å²) in [5, 5.41) is 3.23. The predicted octanol–water partition coefficient (Wildman–Crippen LogP) is 4.18. The first-order chi connectivity index (χ1) is 11.5. The number of benzene rings is 2. The molecule has 1 atom stereocenters. The number of sulfone groups is 1. The number of nitrogens with zero attached hydrogens (tertiary/aromatic N) is 2. The van der Waals surface area contributed by atoms with Gasteiger partial charge in [0.15, 0.2) is 9.84 Å². The smallest absolute Gasteiger partial charge is 0.242 e. The molecule has 0 spiro atoms. The standard InChI is InChI=1S/C17H15BrN2O3S/c1-12(13-6-3-2-4-7-13)24(21,22)11-16-19-17(20-23-16)14-8-5-9-15(18)10-14/h2-10,12H,11H2,1H3. The second kappa shape index (κ2) is 6.86. The van der Waals surface area contributed by atoms with Crippen molar-refractivity contribution >= 4 is 25.8 Å². The van der Waals surface area contributed by atoms with Crippen LogP contribution < -0.4 is 0 Å². The van der Waals surface area contributed by atoms with Gasteiger partial charge in [0, 0.05) is 10.0 Å². The van der Waals surface area contributed by atoms with Crippen LogP contribution in [0, 0.1) is 0 Å². The van der Waals surface area contributed by atoms with Gasteiger partial charge >= 0.3 is 0 Å². The Kier molecular flexibility index (Phi) is 4.82. The molecule has 0 aliphatic rings. The lowest BCUT2D eigenvalue weighted by Crippen LogP contribution is -2.13. The molecule has 0 amide bonds. The Balaban J connectivity index is 1.81. The Morgan fingerprint density at radius 1 is 1.12 bits per heavy atom. The van der Waals surface area contributed by atoms with Gasteiger partial charge < -0.3 is 4.52 Å². The molecule has 0 fully saturated rings. The van der Waals surface area contributed by atoms with E-state index in [0.29, 0.717) is 5.82 Å². The van der Waals surface area contributed by atoms with Gasteiger partial charge in [-0.3, -0.25) is 0 Å². The maximum Gasteiger partial charge on any atom is 0.242 e. The van der Waals surface area contributed by atoms with Crippen LogP contribution in [0.1, 0.15) is 23.6 Å². The van der Waals surface area contributed by atoms with Crippen LogP contribution >= 0.6 is 15.9 Å². The first kappa shape index (κ1) is 16.9. The minimum absolute atomic E-state index is 0.0905. The summed E-state index contributed by atoms with van der Waals surface area (Å²) in [6.07, 6.45) is 0. The quantitative estimate of drug-likeness (QED) is 0.635. The summed E-state index contributed by atoms with van der Waals surface area (Å²) < 4.78 is 31.1. The lowest BCUT2D eigenvalue weighted by Gasteiger charge is -2.11. The summed E-state index contributed by atoms with van der Waals surface area (Å²) >= 11 is 3.38. The zero-order chi connectivity index (χ0) is 17.2. The van der Waals surface area contributed by atoms with E-state index in [1.165, 1.54) is 0 Å². The van der Waals surface area contributed by atoms with E-state index in [-0.39, 0.29) is 11.6 Å². The Morgan fingerprint density at radius 3 is 2.58 bits per heavy atom. The fourth-order valence-electron chi connectivity index (χ4n) is 2.29. The fraction of sp³-hybridized carbons (Fsp3) is 0.176. The van der Waals surface area contributed by atoms with Gasteiger partial charge in [-0.05, 0) is 24.6 Å². The maximum absolute atomic E-state index is 12.6. The van der Waals surface area contributed by atoms with Gasteiger partial charge in [-0.15, -0.1) is 0 Å². The summed E-state index contributed by atoms with van der Waals surface area (Å²) in [6, 6.07) is 16.5. The zero-order valence-corrected chi connectivity index (χ0v) is 15.3. The van der Waals surface area contributed by atoms with Gasteiger partial charge in [-0.2, -0.15) is 4.98 Å². The lowest BCUT2D eigenvalue weighted by atomic mass is 10.2. The van der Waals surface area contributed by atoms with Crippen LogP contribution in [0.5, 0.6) is 0 Å². The highest BCUT2D eigenvalue weighted by molar-refractivity contribution is 9.10. The highest BCUT2D eigenvalue weighted by Gasteiger charge is 2.26. The summed E-state index contributed by atoms with van der Waals surface area (Å²) in [4.78, 5) is 4.21.